The minimum atomic E-state index is -0.362. The normalized spacial score (nSPS) is 19.3. The molecule has 0 N–H and O–H groups in total. The van der Waals surface area contributed by atoms with Gasteiger partial charge in [-0.15, -0.1) is 0 Å². The SMILES string of the molecule is CCC(C)(C)c1cc(CCc2cc(C(C)(C)CC)c(OC(C)OCC3CO3)c(C(C)(C)CC)c2)cc(C(C)(C)CC)c1OC(C)OCC1CO1. The molecule has 2 heterocycles. The quantitative estimate of drug-likeness (QED) is 0.0957. The van der Waals surface area contributed by atoms with Crippen LogP contribution in [-0.2, 0) is 53.4 Å². The number of ether oxygens (including phenoxy) is 6. The zero-order valence-electron chi connectivity index (χ0n) is 34.1. The highest BCUT2D eigenvalue weighted by Gasteiger charge is 2.34. The van der Waals surface area contributed by atoms with E-state index in [1.54, 1.807) is 0 Å². The highest BCUT2D eigenvalue weighted by Crippen LogP contribution is 2.46. The van der Waals surface area contributed by atoms with E-state index in [1.807, 2.05) is 13.8 Å². The van der Waals surface area contributed by atoms with Gasteiger partial charge in [-0.2, -0.15) is 0 Å². The molecule has 0 aromatic heterocycles. The summed E-state index contributed by atoms with van der Waals surface area (Å²) in [5.74, 6) is 1.98. The molecule has 2 saturated heterocycles. The van der Waals surface area contributed by atoms with E-state index in [2.05, 4.69) is 107 Å². The first kappa shape index (κ1) is 40.6. The molecule has 0 spiro atoms. The van der Waals surface area contributed by atoms with Gasteiger partial charge in [0.05, 0.1) is 26.4 Å². The molecule has 50 heavy (non-hydrogen) atoms. The van der Waals surface area contributed by atoms with Crippen LogP contribution in [0.5, 0.6) is 11.5 Å². The molecule has 2 aliphatic heterocycles. The van der Waals surface area contributed by atoms with E-state index >= 15 is 0 Å². The summed E-state index contributed by atoms with van der Waals surface area (Å²) in [6.45, 7) is 34.5. The summed E-state index contributed by atoms with van der Waals surface area (Å²) in [5.41, 5.74) is 7.50. The van der Waals surface area contributed by atoms with Crippen LogP contribution in [0.2, 0.25) is 0 Å². The van der Waals surface area contributed by atoms with E-state index in [9.17, 15) is 0 Å². The Balaban J connectivity index is 1.75. The third-order valence-electron chi connectivity index (χ3n) is 11.9. The van der Waals surface area contributed by atoms with Crippen LogP contribution in [0.4, 0.5) is 0 Å². The first-order chi connectivity index (χ1) is 23.4. The maximum absolute atomic E-state index is 6.75. The largest absolute Gasteiger partial charge is 0.465 e. The molecule has 0 bridgehead atoms. The van der Waals surface area contributed by atoms with E-state index in [4.69, 9.17) is 28.4 Å². The molecule has 4 atom stereocenters. The summed E-state index contributed by atoms with van der Waals surface area (Å²) in [5, 5.41) is 0. The van der Waals surface area contributed by atoms with E-state index in [-0.39, 0.29) is 46.4 Å². The second-order valence-electron chi connectivity index (χ2n) is 17.4. The molecule has 2 aromatic rings. The fourth-order valence-corrected chi connectivity index (χ4v) is 6.20. The predicted octanol–water partition coefficient (Wildman–Crippen LogP) is 10.5. The predicted molar refractivity (Wildman–Crippen MR) is 205 cm³/mol. The standard InChI is InChI=1S/C44H70O6/c1-15-41(7,8)35-21-31(22-36(42(9,10)16-2)39(35)49-29(5)45-25-33-27-47-33)19-20-32-23-37(43(11,12)17-3)40(38(24-32)44(13,14)18-4)50-30(6)46-26-34-28-48-34/h21-24,29-30,33-34H,15-20,25-28H2,1-14H3. The Bertz CT molecular complexity index is 1230. The number of rotatable bonds is 21. The van der Waals surface area contributed by atoms with Gasteiger partial charge in [0.2, 0.25) is 0 Å². The summed E-state index contributed by atoms with van der Waals surface area (Å²) < 4.78 is 36.5. The molecule has 2 aromatic carbocycles. The summed E-state index contributed by atoms with van der Waals surface area (Å²) >= 11 is 0. The van der Waals surface area contributed by atoms with Crippen LogP contribution in [0.15, 0.2) is 24.3 Å². The van der Waals surface area contributed by atoms with E-state index < -0.39 is 0 Å². The fourth-order valence-electron chi connectivity index (χ4n) is 6.20. The smallest absolute Gasteiger partial charge is 0.197 e. The third-order valence-corrected chi connectivity index (χ3v) is 11.9. The van der Waals surface area contributed by atoms with Gasteiger partial charge in [0.1, 0.15) is 23.7 Å². The molecule has 0 amide bonds. The maximum atomic E-state index is 6.75. The minimum absolute atomic E-state index is 0.0662. The van der Waals surface area contributed by atoms with Gasteiger partial charge in [-0.3, -0.25) is 0 Å². The molecule has 6 heteroatoms. The Morgan fingerprint density at radius 1 is 0.540 bits per heavy atom. The van der Waals surface area contributed by atoms with Gasteiger partial charge >= 0.3 is 0 Å². The fraction of sp³-hybridized carbons (Fsp3) is 0.727. The Morgan fingerprint density at radius 2 is 0.800 bits per heavy atom. The summed E-state index contributed by atoms with van der Waals surface area (Å²) in [7, 11) is 0. The summed E-state index contributed by atoms with van der Waals surface area (Å²) in [4.78, 5) is 0. The monoisotopic (exact) mass is 695 g/mol. The first-order valence-corrected chi connectivity index (χ1v) is 19.5. The molecule has 2 fully saturated rings. The van der Waals surface area contributed by atoms with Crippen LogP contribution >= 0.6 is 0 Å². The number of aryl methyl sites for hydroxylation is 2. The molecule has 0 radical (unpaired) electrons. The highest BCUT2D eigenvalue weighted by atomic mass is 16.7. The maximum Gasteiger partial charge on any atom is 0.197 e. The Morgan fingerprint density at radius 3 is 1.02 bits per heavy atom. The topological polar surface area (TPSA) is 62.0 Å². The van der Waals surface area contributed by atoms with E-state index in [0.29, 0.717) is 13.2 Å². The average molecular weight is 695 g/mol. The highest BCUT2D eigenvalue weighted by molar-refractivity contribution is 5.53. The molecule has 0 saturated carbocycles. The molecule has 282 valence electrons. The van der Waals surface area contributed by atoms with Crippen molar-refractivity contribution in [2.75, 3.05) is 26.4 Å². The molecule has 6 nitrogen and oxygen atoms in total. The minimum Gasteiger partial charge on any atom is -0.465 e. The van der Waals surface area contributed by atoms with Crippen molar-refractivity contribution in [1.82, 2.24) is 0 Å². The van der Waals surface area contributed by atoms with Gasteiger partial charge in [-0.25, -0.2) is 0 Å². The van der Waals surface area contributed by atoms with Crippen molar-refractivity contribution in [3.8, 4) is 11.5 Å². The number of benzene rings is 2. The van der Waals surface area contributed by atoms with Crippen LogP contribution in [0, 0.1) is 0 Å². The zero-order chi connectivity index (χ0) is 37.1. The van der Waals surface area contributed by atoms with Gasteiger partial charge in [0.15, 0.2) is 12.6 Å². The number of epoxide rings is 2. The molecular formula is C44H70O6. The zero-order valence-corrected chi connectivity index (χ0v) is 34.1. The molecule has 4 rings (SSSR count). The second-order valence-corrected chi connectivity index (χ2v) is 17.4. The molecule has 4 unspecified atom stereocenters. The lowest BCUT2D eigenvalue weighted by molar-refractivity contribution is -0.0727. The van der Waals surface area contributed by atoms with Crippen LogP contribution in [0.1, 0.15) is 156 Å². The number of hydrogen-bond donors (Lipinski definition) is 0. The van der Waals surface area contributed by atoms with Crippen molar-refractivity contribution in [3.63, 3.8) is 0 Å². The lowest BCUT2D eigenvalue weighted by Gasteiger charge is -2.35. The molecule has 2 aliphatic rings. The van der Waals surface area contributed by atoms with E-state index in [1.165, 1.54) is 33.4 Å². The van der Waals surface area contributed by atoms with Gasteiger partial charge in [0, 0.05) is 22.3 Å². The van der Waals surface area contributed by atoms with Crippen LogP contribution in [-0.4, -0.2) is 51.2 Å². The van der Waals surface area contributed by atoms with Crippen LogP contribution in [0.3, 0.4) is 0 Å². The first-order valence-electron chi connectivity index (χ1n) is 19.5. The Labute approximate surface area is 305 Å². The van der Waals surface area contributed by atoms with Crippen molar-refractivity contribution in [1.29, 1.82) is 0 Å². The van der Waals surface area contributed by atoms with Crippen molar-refractivity contribution < 1.29 is 28.4 Å². The van der Waals surface area contributed by atoms with Crippen LogP contribution < -0.4 is 9.47 Å². The second kappa shape index (κ2) is 16.3. The average Bonchev–Trinajstić information content (AvgIpc) is 4.01. The Kier molecular flexibility index (Phi) is 13.2. The molecule has 0 aliphatic carbocycles. The van der Waals surface area contributed by atoms with Crippen LogP contribution in [0.25, 0.3) is 0 Å². The van der Waals surface area contributed by atoms with E-state index in [0.717, 1.165) is 63.2 Å². The Hall–Kier alpha value is -2.12. The molecular weight excluding hydrogens is 624 g/mol. The summed E-state index contributed by atoms with van der Waals surface area (Å²) in [6.07, 6.45) is 5.57. The number of hydrogen-bond acceptors (Lipinski definition) is 6. The van der Waals surface area contributed by atoms with Crippen molar-refractivity contribution in [2.24, 2.45) is 0 Å². The third kappa shape index (κ3) is 10.3. The van der Waals surface area contributed by atoms with Crippen molar-refractivity contribution >= 4 is 0 Å². The van der Waals surface area contributed by atoms with Gasteiger partial charge in [-0.05, 0) is 85.2 Å². The van der Waals surface area contributed by atoms with Crippen molar-refractivity contribution in [3.05, 3.63) is 57.6 Å². The van der Waals surface area contributed by atoms with Gasteiger partial charge in [-0.1, -0.05) is 107 Å². The summed E-state index contributed by atoms with van der Waals surface area (Å²) in [6, 6.07) is 9.66. The lowest BCUT2D eigenvalue weighted by atomic mass is 9.73. The van der Waals surface area contributed by atoms with Gasteiger partial charge in [0.25, 0.3) is 0 Å². The lowest BCUT2D eigenvalue weighted by Crippen LogP contribution is -2.27. The van der Waals surface area contributed by atoms with Gasteiger partial charge < -0.3 is 28.4 Å². The van der Waals surface area contributed by atoms with Crippen molar-refractivity contribution in [2.45, 2.75) is 182 Å².